The second-order valence-electron chi connectivity index (χ2n) is 4.52. The summed E-state index contributed by atoms with van der Waals surface area (Å²) in [5, 5.41) is 3.28. The molecule has 0 aliphatic rings. The maximum atomic E-state index is 6.01. The SMILES string of the molecule is C=Cc1c(C)ccc2cc(-c3cc(C)cs3)oc12. The second kappa shape index (κ2) is 4.14. The summed E-state index contributed by atoms with van der Waals surface area (Å²) in [6, 6.07) is 8.47. The maximum Gasteiger partial charge on any atom is 0.145 e. The van der Waals surface area contributed by atoms with Gasteiger partial charge in [-0.3, -0.25) is 0 Å². The topological polar surface area (TPSA) is 13.1 Å². The molecular weight excluding hydrogens is 240 g/mol. The van der Waals surface area contributed by atoms with Crippen molar-refractivity contribution in [2.45, 2.75) is 13.8 Å². The van der Waals surface area contributed by atoms with Gasteiger partial charge in [-0.2, -0.15) is 0 Å². The molecule has 3 aromatic rings. The zero-order valence-electron chi connectivity index (χ0n) is 10.5. The first-order valence-electron chi connectivity index (χ1n) is 5.90. The summed E-state index contributed by atoms with van der Waals surface area (Å²) in [6.45, 7) is 8.05. The van der Waals surface area contributed by atoms with Crippen LogP contribution in [0.3, 0.4) is 0 Å². The van der Waals surface area contributed by atoms with E-state index in [0.29, 0.717) is 0 Å². The molecule has 0 saturated carbocycles. The van der Waals surface area contributed by atoms with Gasteiger partial charge in [-0.1, -0.05) is 24.8 Å². The van der Waals surface area contributed by atoms with Gasteiger partial charge >= 0.3 is 0 Å². The molecule has 90 valence electrons. The average molecular weight is 254 g/mol. The van der Waals surface area contributed by atoms with Crippen LogP contribution in [-0.2, 0) is 0 Å². The first-order chi connectivity index (χ1) is 8.69. The number of furan rings is 1. The van der Waals surface area contributed by atoms with Gasteiger partial charge in [-0.15, -0.1) is 11.3 Å². The van der Waals surface area contributed by atoms with E-state index >= 15 is 0 Å². The fourth-order valence-electron chi connectivity index (χ4n) is 2.16. The van der Waals surface area contributed by atoms with Gasteiger partial charge in [-0.05, 0) is 42.5 Å². The Kier molecular flexibility index (Phi) is 2.60. The molecule has 0 saturated heterocycles. The number of hydrogen-bond acceptors (Lipinski definition) is 2. The predicted octanol–water partition coefficient (Wildman–Crippen LogP) is 5.42. The molecule has 2 aromatic heterocycles. The molecule has 0 atom stereocenters. The third kappa shape index (κ3) is 1.70. The van der Waals surface area contributed by atoms with Crippen LogP contribution >= 0.6 is 11.3 Å². The van der Waals surface area contributed by atoms with Crippen LogP contribution in [0, 0.1) is 13.8 Å². The van der Waals surface area contributed by atoms with E-state index in [1.54, 1.807) is 11.3 Å². The van der Waals surface area contributed by atoms with Crippen LogP contribution in [0.15, 0.2) is 40.6 Å². The summed E-state index contributed by atoms with van der Waals surface area (Å²) < 4.78 is 6.01. The minimum atomic E-state index is 0.936. The number of rotatable bonds is 2. The molecule has 3 rings (SSSR count). The Morgan fingerprint density at radius 2 is 2.06 bits per heavy atom. The molecule has 0 aliphatic heterocycles. The summed E-state index contributed by atoms with van der Waals surface area (Å²) in [6.07, 6.45) is 1.87. The molecular formula is C16H14OS. The molecule has 2 heteroatoms. The summed E-state index contributed by atoms with van der Waals surface area (Å²) in [5.74, 6) is 0.941. The van der Waals surface area contributed by atoms with E-state index in [2.05, 4.69) is 50.1 Å². The van der Waals surface area contributed by atoms with Gasteiger partial charge in [0.2, 0.25) is 0 Å². The quantitative estimate of drug-likeness (QED) is 0.595. The largest absolute Gasteiger partial charge is 0.455 e. The Balaban J connectivity index is 2.25. The van der Waals surface area contributed by atoms with Crippen LogP contribution in [0.4, 0.5) is 0 Å². The molecule has 0 N–H and O–H groups in total. The molecule has 0 amide bonds. The van der Waals surface area contributed by atoms with Crippen LogP contribution in [0.5, 0.6) is 0 Å². The van der Waals surface area contributed by atoms with Gasteiger partial charge in [0, 0.05) is 10.9 Å². The first-order valence-corrected chi connectivity index (χ1v) is 6.78. The highest BCUT2D eigenvalue weighted by atomic mass is 32.1. The molecule has 0 aliphatic carbocycles. The first kappa shape index (κ1) is 11.3. The predicted molar refractivity (Wildman–Crippen MR) is 79.1 cm³/mol. The fourth-order valence-corrected chi connectivity index (χ4v) is 3.01. The Morgan fingerprint density at radius 1 is 1.22 bits per heavy atom. The van der Waals surface area contributed by atoms with Crippen LogP contribution in [0.2, 0.25) is 0 Å². The summed E-state index contributed by atoms with van der Waals surface area (Å²) in [4.78, 5) is 1.18. The van der Waals surface area contributed by atoms with Gasteiger partial charge in [-0.25, -0.2) is 0 Å². The Bertz CT molecular complexity index is 731. The highest BCUT2D eigenvalue weighted by Crippen LogP contribution is 2.34. The Hall–Kier alpha value is -1.80. The van der Waals surface area contributed by atoms with Crippen molar-refractivity contribution in [2.24, 2.45) is 0 Å². The second-order valence-corrected chi connectivity index (χ2v) is 5.43. The van der Waals surface area contributed by atoms with Gasteiger partial charge < -0.3 is 4.42 Å². The van der Waals surface area contributed by atoms with Crippen LogP contribution in [0.25, 0.3) is 27.7 Å². The van der Waals surface area contributed by atoms with Gasteiger partial charge in [0.15, 0.2) is 0 Å². The summed E-state index contributed by atoms with van der Waals surface area (Å²) in [5.41, 5.74) is 4.49. The van der Waals surface area contributed by atoms with Crippen LogP contribution in [-0.4, -0.2) is 0 Å². The third-order valence-electron chi connectivity index (χ3n) is 3.12. The lowest BCUT2D eigenvalue weighted by molar-refractivity contribution is 0.632. The van der Waals surface area contributed by atoms with Crippen molar-refractivity contribution in [3.05, 3.63) is 52.9 Å². The van der Waals surface area contributed by atoms with Gasteiger partial charge in [0.05, 0.1) is 4.88 Å². The van der Waals surface area contributed by atoms with Crippen molar-refractivity contribution in [2.75, 3.05) is 0 Å². The molecule has 1 aromatic carbocycles. The van der Waals surface area contributed by atoms with E-state index < -0.39 is 0 Å². The molecule has 0 spiro atoms. The Morgan fingerprint density at radius 3 is 2.72 bits per heavy atom. The standard InChI is InChI=1S/C16H14OS/c1-4-13-11(3)5-6-12-8-14(17-16(12)13)15-7-10(2)9-18-15/h4-9H,1H2,2-3H3. The van der Waals surface area contributed by atoms with Crippen molar-refractivity contribution in [3.8, 4) is 10.6 Å². The molecule has 0 fully saturated rings. The number of benzene rings is 1. The van der Waals surface area contributed by atoms with E-state index in [1.165, 1.54) is 16.0 Å². The molecule has 1 nitrogen and oxygen atoms in total. The zero-order chi connectivity index (χ0) is 12.7. The zero-order valence-corrected chi connectivity index (χ0v) is 11.3. The molecule has 2 heterocycles. The minimum Gasteiger partial charge on any atom is -0.455 e. The number of fused-ring (bicyclic) bond motifs is 1. The minimum absolute atomic E-state index is 0.936. The summed E-state index contributed by atoms with van der Waals surface area (Å²) >= 11 is 1.72. The molecule has 0 radical (unpaired) electrons. The normalized spacial score (nSPS) is 11.0. The Labute approximate surface area is 110 Å². The highest BCUT2D eigenvalue weighted by Gasteiger charge is 2.11. The van der Waals surface area contributed by atoms with E-state index in [9.17, 15) is 0 Å². The van der Waals surface area contributed by atoms with Crippen molar-refractivity contribution in [1.82, 2.24) is 0 Å². The third-order valence-corrected chi connectivity index (χ3v) is 4.18. The van der Waals surface area contributed by atoms with Gasteiger partial charge in [0.1, 0.15) is 11.3 Å². The van der Waals surface area contributed by atoms with Gasteiger partial charge in [0.25, 0.3) is 0 Å². The van der Waals surface area contributed by atoms with Crippen molar-refractivity contribution in [3.63, 3.8) is 0 Å². The fraction of sp³-hybridized carbons (Fsp3) is 0.125. The van der Waals surface area contributed by atoms with Crippen LogP contribution < -0.4 is 0 Å². The number of hydrogen-bond donors (Lipinski definition) is 0. The van der Waals surface area contributed by atoms with E-state index in [-0.39, 0.29) is 0 Å². The maximum absolute atomic E-state index is 6.01. The van der Waals surface area contributed by atoms with E-state index in [4.69, 9.17) is 4.42 Å². The van der Waals surface area contributed by atoms with Crippen molar-refractivity contribution in [1.29, 1.82) is 0 Å². The molecule has 0 bridgehead atoms. The van der Waals surface area contributed by atoms with Crippen molar-refractivity contribution >= 4 is 28.4 Å². The number of aryl methyl sites for hydroxylation is 2. The lowest BCUT2D eigenvalue weighted by atomic mass is 10.1. The smallest absolute Gasteiger partial charge is 0.145 e. The van der Waals surface area contributed by atoms with E-state index in [1.807, 2.05) is 6.08 Å². The lowest BCUT2D eigenvalue weighted by Gasteiger charge is -1.99. The monoisotopic (exact) mass is 254 g/mol. The average Bonchev–Trinajstić information content (AvgIpc) is 2.94. The molecule has 0 unspecified atom stereocenters. The lowest BCUT2D eigenvalue weighted by Crippen LogP contribution is -1.79. The molecule has 18 heavy (non-hydrogen) atoms. The highest BCUT2D eigenvalue weighted by molar-refractivity contribution is 7.13. The van der Waals surface area contributed by atoms with Crippen LogP contribution in [0.1, 0.15) is 16.7 Å². The van der Waals surface area contributed by atoms with E-state index in [0.717, 1.165) is 22.3 Å². The van der Waals surface area contributed by atoms with Crippen molar-refractivity contribution < 1.29 is 4.42 Å². The summed E-state index contributed by atoms with van der Waals surface area (Å²) in [7, 11) is 0. The number of thiophene rings is 1.